The lowest BCUT2D eigenvalue weighted by Gasteiger charge is -2.32. The number of pyridine rings is 1. The third kappa shape index (κ3) is 6.88. The summed E-state index contributed by atoms with van der Waals surface area (Å²) in [6.45, 7) is 14.1. The van der Waals surface area contributed by atoms with Crippen LogP contribution < -0.4 is 15.5 Å². The van der Waals surface area contributed by atoms with E-state index in [-0.39, 0.29) is 0 Å². The molecule has 0 atom stereocenters. The Hall–Kier alpha value is -1.82. The van der Waals surface area contributed by atoms with E-state index in [4.69, 9.17) is 9.98 Å². The van der Waals surface area contributed by atoms with Crippen molar-refractivity contribution in [2.75, 3.05) is 44.2 Å². The van der Waals surface area contributed by atoms with Crippen LogP contribution in [0.15, 0.2) is 23.3 Å². The molecule has 6 nitrogen and oxygen atoms in total. The first-order valence-electron chi connectivity index (χ1n) is 11.6. The molecule has 2 fully saturated rings. The molecule has 2 saturated heterocycles. The third-order valence-corrected chi connectivity index (χ3v) is 6.15. The van der Waals surface area contributed by atoms with Gasteiger partial charge in [0.05, 0.1) is 6.54 Å². The van der Waals surface area contributed by atoms with Crippen molar-refractivity contribution in [1.82, 2.24) is 20.5 Å². The first-order valence-corrected chi connectivity index (χ1v) is 11.6. The lowest BCUT2D eigenvalue weighted by molar-refractivity contribution is 0.206. The van der Waals surface area contributed by atoms with E-state index in [1.807, 2.05) is 6.20 Å². The third-order valence-electron chi connectivity index (χ3n) is 6.15. The Morgan fingerprint density at radius 2 is 1.86 bits per heavy atom. The number of nitrogens with zero attached hydrogens (tertiary/aromatic N) is 4. The van der Waals surface area contributed by atoms with Gasteiger partial charge in [-0.3, -0.25) is 0 Å². The van der Waals surface area contributed by atoms with Gasteiger partial charge in [-0.05, 0) is 63.1 Å². The zero-order valence-electron chi connectivity index (χ0n) is 18.7. The van der Waals surface area contributed by atoms with E-state index in [9.17, 15) is 0 Å². The summed E-state index contributed by atoms with van der Waals surface area (Å²) in [7, 11) is 0. The maximum absolute atomic E-state index is 4.81. The largest absolute Gasteiger partial charge is 0.357 e. The normalized spacial score (nSPS) is 20.1. The van der Waals surface area contributed by atoms with Gasteiger partial charge in [-0.15, -0.1) is 0 Å². The van der Waals surface area contributed by atoms with Gasteiger partial charge in [-0.25, -0.2) is 9.98 Å². The predicted octanol–water partition coefficient (Wildman–Crippen LogP) is 3.25. The highest BCUT2D eigenvalue weighted by molar-refractivity contribution is 5.80. The van der Waals surface area contributed by atoms with Gasteiger partial charge in [0.25, 0.3) is 0 Å². The standard InChI is InChI=1S/C23H40N6/c1-4-12-28-13-10-21(11-14-28)27-23(24-5-2)26-18-20-6-7-22(25-17-20)29-15-8-19(3)9-16-29/h6-7,17,19,21H,4-5,8-16,18H2,1-3H3,(H2,24,26,27). The van der Waals surface area contributed by atoms with E-state index in [1.54, 1.807) is 0 Å². The van der Waals surface area contributed by atoms with Crippen molar-refractivity contribution in [3.63, 3.8) is 0 Å². The number of piperidine rings is 2. The van der Waals surface area contributed by atoms with Crippen LogP contribution in [0.1, 0.15) is 58.4 Å². The summed E-state index contributed by atoms with van der Waals surface area (Å²) < 4.78 is 0. The summed E-state index contributed by atoms with van der Waals surface area (Å²) in [5.74, 6) is 2.87. The molecule has 0 spiro atoms. The number of nitrogens with one attached hydrogen (secondary N) is 2. The fourth-order valence-electron chi connectivity index (χ4n) is 4.24. The van der Waals surface area contributed by atoms with Crippen LogP contribution in [0.25, 0.3) is 0 Å². The average molecular weight is 401 g/mol. The number of rotatable bonds is 7. The number of likely N-dealkylation sites (tertiary alicyclic amines) is 1. The van der Waals surface area contributed by atoms with Gasteiger partial charge in [-0.2, -0.15) is 0 Å². The Bertz CT molecular complexity index is 613. The molecule has 0 saturated carbocycles. The fourth-order valence-corrected chi connectivity index (χ4v) is 4.24. The average Bonchev–Trinajstić information content (AvgIpc) is 2.75. The van der Waals surface area contributed by atoms with Crippen molar-refractivity contribution >= 4 is 11.8 Å². The molecule has 0 unspecified atom stereocenters. The smallest absolute Gasteiger partial charge is 0.191 e. The lowest BCUT2D eigenvalue weighted by Crippen LogP contribution is -2.48. The van der Waals surface area contributed by atoms with Gasteiger partial charge in [0.2, 0.25) is 0 Å². The van der Waals surface area contributed by atoms with Crippen LogP contribution >= 0.6 is 0 Å². The van der Waals surface area contributed by atoms with Gasteiger partial charge in [-0.1, -0.05) is 19.9 Å². The van der Waals surface area contributed by atoms with Crippen LogP contribution in [0.2, 0.25) is 0 Å². The Morgan fingerprint density at radius 1 is 1.10 bits per heavy atom. The number of aromatic nitrogens is 1. The van der Waals surface area contributed by atoms with E-state index < -0.39 is 0 Å². The number of hydrogen-bond acceptors (Lipinski definition) is 4. The second-order valence-corrected chi connectivity index (χ2v) is 8.65. The molecule has 0 aliphatic carbocycles. The minimum Gasteiger partial charge on any atom is -0.357 e. The monoisotopic (exact) mass is 400 g/mol. The van der Waals surface area contributed by atoms with Crippen LogP contribution in [-0.4, -0.2) is 61.2 Å². The SMILES string of the molecule is CCCN1CCC(NC(=NCc2ccc(N3CCC(C)CC3)nc2)NCC)CC1. The first kappa shape index (κ1) is 21.9. The van der Waals surface area contributed by atoms with Crippen molar-refractivity contribution in [1.29, 1.82) is 0 Å². The van der Waals surface area contributed by atoms with Gasteiger partial charge in [0, 0.05) is 45.0 Å². The molecular formula is C23H40N6. The van der Waals surface area contributed by atoms with Crippen molar-refractivity contribution in [2.45, 2.75) is 65.5 Å². The lowest BCUT2D eigenvalue weighted by atomic mass is 9.99. The maximum atomic E-state index is 4.81. The zero-order valence-corrected chi connectivity index (χ0v) is 18.7. The molecule has 6 heteroatoms. The van der Waals surface area contributed by atoms with Crippen LogP contribution in [0.5, 0.6) is 0 Å². The van der Waals surface area contributed by atoms with E-state index in [0.29, 0.717) is 12.6 Å². The molecule has 2 aliphatic rings. The summed E-state index contributed by atoms with van der Waals surface area (Å²) >= 11 is 0. The van der Waals surface area contributed by atoms with Crippen LogP contribution in [-0.2, 0) is 6.54 Å². The Labute approximate surface area is 177 Å². The zero-order chi connectivity index (χ0) is 20.5. The summed E-state index contributed by atoms with van der Waals surface area (Å²) in [5, 5.41) is 7.04. The van der Waals surface area contributed by atoms with Crippen molar-refractivity contribution in [3.8, 4) is 0 Å². The number of guanidine groups is 1. The molecule has 2 aliphatic heterocycles. The Balaban J connectivity index is 1.50. The van der Waals surface area contributed by atoms with Crippen molar-refractivity contribution in [2.24, 2.45) is 10.9 Å². The number of aliphatic imine (C=N–C) groups is 1. The molecule has 3 rings (SSSR count). The molecule has 2 N–H and O–H groups in total. The topological polar surface area (TPSA) is 55.8 Å². The molecule has 3 heterocycles. The van der Waals surface area contributed by atoms with Crippen LogP contribution in [0, 0.1) is 5.92 Å². The van der Waals surface area contributed by atoms with Crippen LogP contribution in [0.3, 0.4) is 0 Å². The minimum absolute atomic E-state index is 0.517. The maximum Gasteiger partial charge on any atom is 0.191 e. The van der Waals surface area contributed by atoms with Gasteiger partial charge >= 0.3 is 0 Å². The van der Waals surface area contributed by atoms with Crippen molar-refractivity contribution < 1.29 is 0 Å². The van der Waals surface area contributed by atoms with E-state index in [2.05, 4.69) is 53.3 Å². The van der Waals surface area contributed by atoms with E-state index in [1.165, 1.54) is 51.7 Å². The molecule has 29 heavy (non-hydrogen) atoms. The molecule has 0 bridgehead atoms. The second kappa shape index (κ2) is 11.4. The molecule has 162 valence electrons. The highest BCUT2D eigenvalue weighted by atomic mass is 15.2. The van der Waals surface area contributed by atoms with Crippen molar-refractivity contribution in [3.05, 3.63) is 23.9 Å². The quantitative estimate of drug-likeness (QED) is 0.544. The molecule has 0 amide bonds. The highest BCUT2D eigenvalue weighted by Crippen LogP contribution is 2.21. The van der Waals surface area contributed by atoms with Gasteiger partial charge in [0.15, 0.2) is 5.96 Å². The molecule has 0 aromatic carbocycles. The Kier molecular flexibility index (Phi) is 8.59. The summed E-state index contributed by atoms with van der Waals surface area (Å²) in [6.07, 6.45) is 8.14. The first-order chi connectivity index (χ1) is 14.2. The summed E-state index contributed by atoms with van der Waals surface area (Å²) in [4.78, 5) is 14.5. The Morgan fingerprint density at radius 3 is 2.48 bits per heavy atom. The number of anilines is 1. The van der Waals surface area contributed by atoms with Crippen LogP contribution in [0.4, 0.5) is 5.82 Å². The minimum atomic E-state index is 0.517. The number of hydrogen-bond donors (Lipinski definition) is 2. The molecular weight excluding hydrogens is 360 g/mol. The fraction of sp³-hybridized carbons (Fsp3) is 0.739. The molecule has 1 aromatic heterocycles. The van der Waals surface area contributed by atoms with Gasteiger partial charge in [0.1, 0.15) is 5.82 Å². The predicted molar refractivity (Wildman–Crippen MR) is 123 cm³/mol. The van der Waals surface area contributed by atoms with E-state index >= 15 is 0 Å². The van der Waals surface area contributed by atoms with Gasteiger partial charge < -0.3 is 20.4 Å². The van der Waals surface area contributed by atoms with E-state index in [0.717, 1.165) is 42.9 Å². The highest BCUT2D eigenvalue weighted by Gasteiger charge is 2.19. The summed E-state index contributed by atoms with van der Waals surface area (Å²) in [5.41, 5.74) is 1.16. The summed E-state index contributed by atoms with van der Waals surface area (Å²) in [6, 6.07) is 4.85. The molecule has 0 radical (unpaired) electrons. The second-order valence-electron chi connectivity index (χ2n) is 8.65. The molecule has 1 aromatic rings.